The molecular weight excluding hydrogens is 224 g/mol. The molecule has 18 heavy (non-hydrogen) atoms. The maximum Gasteiger partial charge on any atom is 0.0921 e. The lowest BCUT2D eigenvalue weighted by Gasteiger charge is -2.06. The molecule has 0 saturated heterocycles. The van der Waals surface area contributed by atoms with E-state index in [1.165, 1.54) is 18.5 Å². The van der Waals surface area contributed by atoms with E-state index >= 15 is 0 Å². The number of hydrogen-bond acceptors (Lipinski definition) is 3. The molecule has 0 spiro atoms. The fraction of sp³-hybridized carbons (Fsp3) is 0.786. The number of aromatic nitrogens is 2. The molecule has 0 aliphatic carbocycles. The molecule has 0 fully saturated rings. The topological polar surface area (TPSA) is 44.0 Å². The van der Waals surface area contributed by atoms with E-state index in [0.29, 0.717) is 0 Å². The molecular formula is C14H32N4. The second-order valence-electron chi connectivity index (χ2n) is 4.44. The summed E-state index contributed by atoms with van der Waals surface area (Å²) in [7, 11) is 6.10. The fourth-order valence-electron chi connectivity index (χ4n) is 1.03. The maximum atomic E-state index is 3.89. The Morgan fingerprint density at radius 1 is 1.28 bits per heavy atom. The van der Waals surface area contributed by atoms with Gasteiger partial charge in [0.15, 0.2) is 0 Å². The van der Waals surface area contributed by atoms with Crippen LogP contribution in [-0.4, -0.2) is 49.1 Å². The van der Waals surface area contributed by atoms with E-state index in [-0.39, 0.29) is 0 Å². The van der Waals surface area contributed by atoms with Crippen molar-refractivity contribution in [2.45, 2.75) is 40.0 Å². The molecule has 2 N–H and O–H groups in total. The van der Waals surface area contributed by atoms with Gasteiger partial charge in [-0.25, -0.2) is 4.98 Å². The van der Waals surface area contributed by atoms with E-state index in [0.717, 1.165) is 19.5 Å². The van der Waals surface area contributed by atoms with E-state index in [9.17, 15) is 0 Å². The van der Waals surface area contributed by atoms with E-state index in [4.69, 9.17) is 0 Å². The van der Waals surface area contributed by atoms with Crippen LogP contribution in [0.5, 0.6) is 0 Å². The maximum absolute atomic E-state index is 3.89. The summed E-state index contributed by atoms with van der Waals surface area (Å²) >= 11 is 0. The smallest absolute Gasteiger partial charge is 0.0921 e. The number of hydrogen-bond donors (Lipinski definition) is 2. The van der Waals surface area contributed by atoms with Gasteiger partial charge < -0.3 is 15.2 Å². The summed E-state index contributed by atoms with van der Waals surface area (Å²) in [6.07, 6.45) is 7.12. The normalized spacial score (nSPS) is 9.28. The van der Waals surface area contributed by atoms with Crippen LogP contribution in [0.25, 0.3) is 0 Å². The number of nitrogens with zero attached hydrogens (tertiary/aromatic N) is 2. The molecule has 108 valence electrons. The molecule has 0 amide bonds. The average Bonchev–Trinajstić information content (AvgIpc) is 2.82. The highest BCUT2D eigenvalue weighted by atomic mass is 15.1. The first-order valence-corrected chi connectivity index (χ1v) is 6.88. The Morgan fingerprint density at radius 2 is 1.89 bits per heavy atom. The first-order chi connectivity index (χ1) is 8.62. The fourth-order valence-corrected chi connectivity index (χ4v) is 1.03. The minimum atomic E-state index is 1.08. The number of nitrogens with one attached hydrogen (secondary N) is 2. The summed E-state index contributed by atoms with van der Waals surface area (Å²) in [6.45, 7) is 8.60. The second kappa shape index (κ2) is 16.1. The number of H-pyrrole nitrogens is 1. The van der Waals surface area contributed by atoms with Gasteiger partial charge in [-0.05, 0) is 27.6 Å². The molecule has 0 radical (unpaired) electrons. The zero-order chi connectivity index (χ0) is 14.2. The van der Waals surface area contributed by atoms with Crippen LogP contribution in [0.1, 0.15) is 39.3 Å². The monoisotopic (exact) mass is 256 g/mol. The van der Waals surface area contributed by atoms with Gasteiger partial charge >= 0.3 is 0 Å². The van der Waals surface area contributed by atoms with Crippen LogP contribution in [0.2, 0.25) is 0 Å². The van der Waals surface area contributed by atoms with E-state index in [1.807, 2.05) is 13.2 Å². The SMILES string of the molecule is CCC.CCCc1cnc[nH]1.CNCCN(C)C. The summed E-state index contributed by atoms with van der Waals surface area (Å²) in [6, 6.07) is 0. The summed E-state index contributed by atoms with van der Waals surface area (Å²) in [5.41, 5.74) is 1.23. The largest absolute Gasteiger partial charge is 0.348 e. The molecule has 0 atom stereocenters. The number of rotatable bonds is 5. The van der Waals surface area contributed by atoms with Gasteiger partial charge in [-0.3, -0.25) is 0 Å². The lowest BCUT2D eigenvalue weighted by molar-refractivity contribution is 0.407. The molecule has 0 aromatic carbocycles. The Bertz CT molecular complexity index is 220. The summed E-state index contributed by atoms with van der Waals surface area (Å²) < 4.78 is 0. The van der Waals surface area contributed by atoms with Crippen molar-refractivity contribution in [1.29, 1.82) is 0 Å². The molecule has 1 aromatic rings. The van der Waals surface area contributed by atoms with Crippen molar-refractivity contribution in [1.82, 2.24) is 20.2 Å². The minimum absolute atomic E-state index is 1.08. The van der Waals surface area contributed by atoms with Crippen LogP contribution in [-0.2, 0) is 6.42 Å². The number of aromatic amines is 1. The molecule has 0 aliphatic heterocycles. The van der Waals surface area contributed by atoms with Crippen molar-refractivity contribution < 1.29 is 0 Å². The van der Waals surface area contributed by atoms with E-state index in [2.05, 4.69) is 55.1 Å². The number of aryl methyl sites for hydroxylation is 1. The lowest BCUT2D eigenvalue weighted by atomic mass is 10.3. The molecule has 0 bridgehead atoms. The van der Waals surface area contributed by atoms with Gasteiger partial charge in [0.2, 0.25) is 0 Å². The third-order valence-electron chi connectivity index (χ3n) is 1.88. The Labute approximate surface area is 113 Å². The summed E-state index contributed by atoms with van der Waals surface area (Å²) in [5, 5.41) is 3.06. The van der Waals surface area contributed by atoms with Gasteiger partial charge in [-0.2, -0.15) is 0 Å². The van der Waals surface area contributed by atoms with Crippen LogP contribution in [0.3, 0.4) is 0 Å². The molecule has 0 aliphatic rings. The number of likely N-dealkylation sites (N-methyl/N-ethyl adjacent to an activating group) is 2. The van der Waals surface area contributed by atoms with Crippen LogP contribution in [0.4, 0.5) is 0 Å². The van der Waals surface area contributed by atoms with Crippen LogP contribution >= 0.6 is 0 Å². The molecule has 1 heterocycles. The Hall–Kier alpha value is -0.870. The quantitative estimate of drug-likeness (QED) is 0.851. The van der Waals surface area contributed by atoms with Crippen molar-refractivity contribution in [2.75, 3.05) is 34.2 Å². The van der Waals surface area contributed by atoms with Gasteiger partial charge in [-0.15, -0.1) is 0 Å². The Kier molecular flexibility index (Phi) is 17.4. The molecule has 4 nitrogen and oxygen atoms in total. The van der Waals surface area contributed by atoms with Crippen LogP contribution in [0, 0.1) is 0 Å². The molecule has 1 rings (SSSR count). The second-order valence-corrected chi connectivity index (χ2v) is 4.44. The third-order valence-corrected chi connectivity index (χ3v) is 1.88. The van der Waals surface area contributed by atoms with Gasteiger partial charge in [-0.1, -0.05) is 33.6 Å². The predicted molar refractivity (Wildman–Crippen MR) is 81.0 cm³/mol. The van der Waals surface area contributed by atoms with Crippen LogP contribution in [0.15, 0.2) is 12.5 Å². The standard InChI is InChI=1S/C6H10N2.C5H14N2.C3H8/c1-2-3-6-4-7-5-8-6;1-6-4-5-7(2)3;1-3-2/h4-5H,2-3H2,1H3,(H,7,8);6H,4-5H2,1-3H3;3H2,1-2H3. The Morgan fingerprint density at radius 3 is 2.17 bits per heavy atom. The molecule has 4 heteroatoms. The van der Waals surface area contributed by atoms with Crippen molar-refractivity contribution >= 4 is 0 Å². The predicted octanol–water partition coefficient (Wildman–Crippen LogP) is 2.55. The van der Waals surface area contributed by atoms with Gasteiger partial charge in [0.05, 0.1) is 6.33 Å². The van der Waals surface area contributed by atoms with Gasteiger partial charge in [0.1, 0.15) is 0 Å². The number of imidazole rings is 1. The van der Waals surface area contributed by atoms with Crippen molar-refractivity contribution in [3.05, 3.63) is 18.2 Å². The van der Waals surface area contributed by atoms with Gasteiger partial charge in [0, 0.05) is 25.0 Å². The third kappa shape index (κ3) is 17.5. The summed E-state index contributed by atoms with van der Waals surface area (Å²) in [4.78, 5) is 9.06. The van der Waals surface area contributed by atoms with Crippen molar-refractivity contribution in [3.8, 4) is 0 Å². The minimum Gasteiger partial charge on any atom is -0.348 e. The highest BCUT2D eigenvalue weighted by Crippen LogP contribution is 1.93. The molecule has 0 unspecified atom stereocenters. The zero-order valence-electron chi connectivity index (χ0n) is 13.1. The lowest BCUT2D eigenvalue weighted by Crippen LogP contribution is -2.23. The highest BCUT2D eigenvalue weighted by molar-refractivity contribution is 4.93. The van der Waals surface area contributed by atoms with Crippen molar-refractivity contribution in [3.63, 3.8) is 0 Å². The first kappa shape index (κ1) is 19.5. The highest BCUT2D eigenvalue weighted by Gasteiger charge is 1.86. The van der Waals surface area contributed by atoms with Crippen molar-refractivity contribution in [2.24, 2.45) is 0 Å². The molecule has 0 saturated carbocycles. The van der Waals surface area contributed by atoms with E-state index < -0.39 is 0 Å². The van der Waals surface area contributed by atoms with E-state index in [1.54, 1.807) is 6.33 Å². The van der Waals surface area contributed by atoms with Gasteiger partial charge in [0.25, 0.3) is 0 Å². The Balaban J connectivity index is 0. The zero-order valence-corrected chi connectivity index (χ0v) is 13.1. The van der Waals surface area contributed by atoms with Crippen LogP contribution < -0.4 is 5.32 Å². The summed E-state index contributed by atoms with van der Waals surface area (Å²) in [5.74, 6) is 0. The average molecular weight is 256 g/mol. The molecule has 1 aromatic heterocycles. The first-order valence-electron chi connectivity index (χ1n) is 6.88.